The zero-order chi connectivity index (χ0) is 13.7. The van der Waals surface area contributed by atoms with Gasteiger partial charge in [0.05, 0.1) is 5.56 Å². The Bertz CT molecular complexity index is 420. The lowest BCUT2D eigenvalue weighted by molar-refractivity contribution is 0.0934. The first kappa shape index (κ1) is 15.0. The van der Waals surface area contributed by atoms with Crippen LogP contribution in [0.1, 0.15) is 44.0 Å². The van der Waals surface area contributed by atoms with Gasteiger partial charge in [-0.1, -0.05) is 20.3 Å². The normalized spacial score (nSPS) is 14.0. The molecule has 100 valence electrons. The first-order chi connectivity index (χ1) is 8.43. The summed E-state index contributed by atoms with van der Waals surface area (Å²) in [4.78, 5) is 12.1. The number of nitrogens with two attached hydrogens (primary N) is 1. The molecule has 0 heterocycles. The molecule has 3 N–H and O–H groups in total. The van der Waals surface area contributed by atoms with Crippen molar-refractivity contribution in [2.45, 2.75) is 39.7 Å². The average Bonchev–Trinajstić information content (AvgIpc) is 2.31. The third-order valence-corrected chi connectivity index (χ3v) is 3.76. The fraction of sp³-hybridized carbons (Fsp3) is 0.500. The van der Waals surface area contributed by atoms with Gasteiger partial charge in [0.1, 0.15) is 0 Å². The molecule has 1 amide bonds. The average molecular weight is 313 g/mol. The SMILES string of the molecule is CCC(C)CC(C)NC(=O)c1cc(N)ccc1Br. The molecule has 0 aliphatic heterocycles. The predicted molar refractivity (Wildman–Crippen MR) is 79.6 cm³/mol. The minimum absolute atomic E-state index is 0.0787. The van der Waals surface area contributed by atoms with Crippen LogP contribution < -0.4 is 11.1 Å². The second kappa shape index (κ2) is 6.78. The quantitative estimate of drug-likeness (QED) is 0.816. The molecule has 0 fully saturated rings. The zero-order valence-electron chi connectivity index (χ0n) is 11.2. The minimum Gasteiger partial charge on any atom is -0.399 e. The summed E-state index contributed by atoms with van der Waals surface area (Å²) in [5, 5.41) is 3.00. The van der Waals surface area contributed by atoms with Crippen LogP contribution in [0.3, 0.4) is 0 Å². The molecule has 0 saturated heterocycles. The zero-order valence-corrected chi connectivity index (χ0v) is 12.8. The largest absolute Gasteiger partial charge is 0.399 e. The molecule has 0 bridgehead atoms. The lowest BCUT2D eigenvalue weighted by Crippen LogP contribution is -2.34. The van der Waals surface area contributed by atoms with Crippen LogP contribution in [0, 0.1) is 5.92 Å². The van der Waals surface area contributed by atoms with E-state index in [0.29, 0.717) is 17.2 Å². The van der Waals surface area contributed by atoms with Crippen molar-refractivity contribution in [3.8, 4) is 0 Å². The first-order valence-corrected chi connectivity index (χ1v) is 7.09. The van der Waals surface area contributed by atoms with E-state index in [1.165, 1.54) is 0 Å². The molecule has 1 aromatic rings. The van der Waals surface area contributed by atoms with Crippen LogP contribution in [0.15, 0.2) is 22.7 Å². The molecule has 1 aromatic carbocycles. The van der Waals surface area contributed by atoms with Crippen LogP contribution in [-0.4, -0.2) is 11.9 Å². The number of carbonyl (C=O) groups excluding carboxylic acids is 1. The molecule has 0 aromatic heterocycles. The van der Waals surface area contributed by atoms with Crippen molar-refractivity contribution >= 4 is 27.5 Å². The number of carbonyl (C=O) groups is 1. The number of anilines is 1. The van der Waals surface area contributed by atoms with Crippen molar-refractivity contribution < 1.29 is 4.79 Å². The van der Waals surface area contributed by atoms with Crippen molar-refractivity contribution in [1.82, 2.24) is 5.32 Å². The van der Waals surface area contributed by atoms with Crippen LogP contribution in [-0.2, 0) is 0 Å². The van der Waals surface area contributed by atoms with Crippen LogP contribution in [0.4, 0.5) is 5.69 Å². The third kappa shape index (κ3) is 4.33. The Kier molecular flexibility index (Phi) is 5.66. The van der Waals surface area contributed by atoms with E-state index < -0.39 is 0 Å². The summed E-state index contributed by atoms with van der Waals surface area (Å²) >= 11 is 3.37. The number of benzene rings is 1. The second-order valence-corrected chi connectivity index (χ2v) is 5.72. The Morgan fingerprint density at radius 1 is 1.44 bits per heavy atom. The maximum atomic E-state index is 12.1. The van der Waals surface area contributed by atoms with Crippen molar-refractivity contribution in [3.63, 3.8) is 0 Å². The van der Waals surface area contributed by atoms with Gasteiger partial charge in [-0.3, -0.25) is 4.79 Å². The van der Waals surface area contributed by atoms with E-state index in [0.717, 1.165) is 17.3 Å². The summed E-state index contributed by atoms with van der Waals surface area (Å²) in [7, 11) is 0. The van der Waals surface area contributed by atoms with E-state index >= 15 is 0 Å². The lowest BCUT2D eigenvalue weighted by Gasteiger charge is -2.18. The van der Waals surface area contributed by atoms with Crippen molar-refractivity contribution in [2.75, 3.05) is 5.73 Å². The summed E-state index contributed by atoms with van der Waals surface area (Å²) in [6.07, 6.45) is 2.12. The van der Waals surface area contributed by atoms with Crippen LogP contribution in [0.25, 0.3) is 0 Å². The molecule has 0 aliphatic carbocycles. The number of amides is 1. The van der Waals surface area contributed by atoms with Gasteiger partial charge in [-0.15, -0.1) is 0 Å². The molecule has 2 unspecified atom stereocenters. The van der Waals surface area contributed by atoms with Gasteiger partial charge in [-0.2, -0.15) is 0 Å². The number of hydrogen-bond donors (Lipinski definition) is 2. The monoisotopic (exact) mass is 312 g/mol. The summed E-state index contributed by atoms with van der Waals surface area (Å²) in [6.45, 7) is 6.39. The standard InChI is InChI=1S/C14H21BrN2O/c1-4-9(2)7-10(3)17-14(18)12-8-11(16)5-6-13(12)15/h5-6,8-10H,4,7,16H2,1-3H3,(H,17,18). The molecule has 18 heavy (non-hydrogen) atoms. The van der Waals surface area contributed by atoms with Crippen LogP contribution in [0.5, 0.6) is 0 Å². The first-order valence-electron chi connectivity index (χ1n) is 6.30. The van der Waals surface area contributed by atoms with E-state index in [1.807, 2.05) is 6.92 Å². The predicted octanol–water partition coefficient (Wildman–Crippen LogP) is 3.59. The van der Waals surface area contributed by atoms with Gasteiger partial charge in [0, 0.05) is 16.2 Å². The van der Waals surface area contributed by atoms with Gasteiger partial charge in [-0.05, 0) is 53.4 Å². The Labute approximate surface area is 117 Å². The smallest absolute Gasteiger partial charge is 0.252 e. The third-order valence-electron chi connectivity index (χ3n) is 3.07. The highest BCUT2D eigenvalue weighted by atomic mass is 79.9. The molecule has 4 heteroatoms. The van der Waals surface area contributed by atoms with Crippen LogP contribution in [0.2, 0.25) is 0 Å². The van der Waals surface area contributed by atoms with E-state index in [9.17, 15) is 4.79 Å². The van der Waals surface area contributed by atoms with Gasteiger partial charge in [-0.25, -0.2) is 0 Å². The molecule has 0 spiro atoms. The van der Waals surface area contributed by atoms with Crippen molar-refractivity contribution in [2.24, 2.45) is 5.92 Å². The summed E-state index contributed by atoms with van der Waals surface area (Å²) in [5.74, 6) is 0.537. The molecule has 0 aliphatic rings. The van der Waals surface area contributed by atoms with Gasteiger partial charge in [0.25, 0.3) is 5.91 Å². The summed E-state index contributed by atoms with van der Waals surface area (Å²) in [5.41, 5.74) is 6.88. The maximum absolute atomic E-state index is 12.1. The van der Waals surface area contributed by atoms with E-state index in [-0.39, 0.29) is 11.9 Å². The van der Waals surface area contributed by atoms with E-state index in [1.54, 1.807) is 18.2 Å². The highest BCUT2D eigenvalue weighted by Crippen LogP contribution is 2.20. The van der Waals surface area contributed by atoms with Gasteiger partial charge in [0.2, 0.25) is 0 Å². The van der Waals surface area contributed by atoms with Crippen LogP contribution >= 0.6 is 15.9 Å². The van der Waals surface area contributed by atoms with Gasteiger partial charge >= 0.3 is 0 Å². The summed E-state index contributed by atoms with van der Waals surface area (Å²) < 4.78 is 0.768. The number of rotatable bonds is 5. The molecule has 1 rings (SSSR count). The fourth-order valence-corrected chi connectivity index (χ4v) is 2.27. The minimum atomic E-state index is -0.0787. The molecular weight excluding hydrogens is 292 g/mol. The molecule has 0 saturated carbocycles. The molecule has 2 atom stereocenters. The highest BCUT2D eigenvalue weighted by molar-refractivity contribution is 9.10. The Morgan fingerprint density at radius 3 is 2.72 bits per heavy atom. The second-order valence-electron chi connectivity index (χ2n) is 4.86. The number of halogens is 1. The van der Waals surface area contributed by atoms with Crippen molar-refractivity contribution in [3.05, 3.63) is 28.2 Å². The molecule has 0 radical (unpaired) electrons. The topological polar surface area (TPSA) is 55.1 Å². The fourth-order valence-electron chi connectivity index (χ4n) is 1.85. The number of hydrogen-bond acceptors (Lipinski definition) is 2. The van der Waals surface area contributed by atoms with Crippen molar-refractivity contribution in [1.29, 1.82) is 0 Å². The molecular formula is C14H21BrN2O. The van der Waals surface area contributed by atoms with Gasteiger partial charge in [0.15, 0.2) is 0 Å². The van der Waals surface area contributed by atoms with E-state index in [2.05, 4.69) is 35.1 Å². The Balaban J connectivity index is 2.67. The number of nitrogens with one attached hydrogen (secondary N) is 1. The maximum Gasteiger partial charge on any atom is 0.252 e. The lowest BCUT2D eigenvalue weighted by atomic mass is 10.00. The number of nitrogen functional groups attached to an aromatic ring is 1. The summed E-state index contributed by atoms with van der Waals surface area (Å²) in [6, 6.07) is 5.42. The Morgan fingerprint density at radius 2 is 2.11 bits per heavy atom. The van der Waals surface area contributed by atoms with E-state index in [4.69, 9.17) is 5.73 Å². The van der Waals surface area contributed by atoms with Gasteiger partial charge < -0.3 is 11.1 Å². The molecule has 3 nitrogen and oxygen atoms in total. The highest BCUT2D eigenvalue weighted by Gasteiger charge is 2.14. The Hall–Kier alpha value is -1.03.